The summed E-state index contributed by atoms with van der Waals surface area (Å²) in [5.74, 6) is 0.930. The smallest absolute Gasteiger partial charge is 0.221 e. The Bertz CT molecular complexity index is 187. The maximum absolute atomic E-state index is 11.4. The molecule has 0 aliphatic heterocycles. The van der Waals surface area contributed by atoms with E-state index in [1.165, 1.54) is 0 Å². The summed E-state index contributed by atoms with van der Waals surface area (Å²) >= 11 is 1.67. The molecule has 1 aliphatic rings. The maximum Gasteiger partial charge on any atom is 0.221 e. The summed E-state index contributed by atoms with van der Waals surface area (Å²) in [6.45, 7) is 0. The van der Waals surface area contributed by atoms with Crippen molar-refractivity contribution in [3.05, 3.63) is 0 Å². The Balaban J connectivity index is 2.23. The first kappa shape index (κ1) is 11.9. The lowest BCUT2D eigenvalue weighted by atomic mass is 9.92. The molecule has 0 aromatic rings. The molecule has 2 atom stereocenters. The molecular formula is C10H19NO2S. The zero-order valence-electron chi connectivity index (χ0n) is 8.66. The van der Waals surface area contributed by atoms with Crippen LogP contribution in [0.5, 0.6) is 0 Å². The van der Waals surface area contributed by atoms with E-state index in [4.69, 9.17) is 0 Å². The molecule has 1 rings (SSSR count). The highest BCUT2D eigenvalue weighted by Gasteiger charge is 2.23. The van der Waals surface area contributed by atoms with E-state index in [2.05, 4.69) is 5.32 Å². The highest BCUT2D eigenvalue weighted by molar-refractivity contribution is 7.98. The SMILES string of the molecule is CSCCC(=O)NC1CCCCC1O. The molecule has 14 heavy (non-hydrogen) atoms. The normalized spacial score (nSPS) is 27.3. The van der Waals surface area contributed by atoms with Crippen molar-refractivity contribution in [1.82, 2.24) is 5.32 Å². The van der Waals surface area contributed by atoms with Gasteiger partial charge in [-0.25, -0.2) is 0 Å². The summed E-state index contributed by atoms with van der Waals surface area (Å²) < 4.78 is 0. The summed E-state index contributed by atoms with van der Waals surface area (Å²) in [6.07, 6.45) is 6.16. The largest absolute Gasteiger partial charge is 0.391 e. The van der Waals surface area contributed by atoms with Crippen LogP contribution in [0.2, 0.25) is 0 Å². The number of amides is 1. The Morgan fingerprint density at radius 1 is 1.50 bits per heavy atom. The number of aliphatic hydroxyl groups is 1. The highest BCUT2D eigenvalue weighted by Crippen LogP contribution is 2.18. The van der Waals surface area contributed by atoms with Crippen LogP contribution in [0.1, 0.15) is 32.1 Å². The van der Waals surface area contributed by atoms with Gasteiger partial charge < -0.3 is 10.4 Å². The van der Waals surface area contributed by atoms with E-state index >= 15 is 0 Å². The number of aliphatic hydroxyl groups excluding tert-OH is 1. The Kier molecular flexibility index (Phi) is 5.33. The van der Waals surface area contributed by atoms with E-state index < -0.39 is 0 Å². The van der Waals surface area contributed by atoms with E-state index in [1.54, 1.807) is 11.8 Å². The lowest BCUT2D eigenvalue weighted by Gasteiger charge is -2.28. The van der Waals surface area contributed by atoms with Gasteiger partial charge >= 0.3 is 0 Å². The van der Waals surface area contributed by atoms with Gasteiger partial charge in [0.25, 0.3) is 0 Å². The van der Waals surface area contributed by atoms with Crippen LogP contribution in [0.3, 0.4) is 0 Å². The lowest BCUT2D eigenvalue weighted by Crippen LogP contribution is -2.45. The van der Waals surface area contributed by atoms with E-state index in [1.807, 2.05) is 6.26 Å². The highest BCUT2D eigenvalue weighted by atomic mass is 32.2. The molecule has 0 aromatic carbocycles. The number of carbonyl (C=O) groups excluding carboxylic acids is 1. The molecule has 0 bridgehead atoms. The van der Waals surface area contributed by atoms with Crippen molar-refractivity contribution < 1.29 is 9.90 Å². The van der Waals surface area contributed by atoms with Crippen molar-refractivity contribution in [2.24, 2.45) is 0 Å². The third-order valence-electron chi connectivity index (χ3n) is 2.61. The van der Waals surface area contributed by atoms with Crippen molar-refractivity contribution in [3.63, 3.8) is 0 Å². The molecule has 1 saturated carbocycles. The molecule has 1 amide bonds. The summed E-state index contributed by atoms with van der Waals surface area (Å²) in [5, 5.41) is 12.5. The zero-order valence-corrected chi connectivity index (χ0v) is 9.48. The summed E-state index contributed by atoms with van der Waals surface area (Å²) in [4.78, 5) is 11.4. The molecule has 0 heterocycles. The van der Waals surface area contributed by atoms with Gasteiger partial charge in [-0.2, -0.15) is 11.8 Å². The summed E-state index contributed by atoms with van der Waals surface area (Å²) in [6, 6.07) is -0.00175. The van der Waals surface area contributed by atoms with E-state index in [0.29, 0.717) is 6.42 Å². The van der Waals surface area contributed by atoms with Crippen LogP contribution in [0.25, 0.3) is 0 Å². The third kappa shape index (κ3) is 3.88. The molecule has 1 aliphatic carbocycles. The van der Waals surface area contributed by atoms with Gasteiger partial charge in [-0.05, 0) is 19.1 Å². The van der Waals surface area contributed by atoms with Crippen LogP contribution < -0.4 is 5.32 Å². The third-order valence-corrected chi connectivity index (χ3v) is 3.22. The standard InChI is InChI=1S/C10H19NO2S/c1-14-7-6-10(13)11-8-4-2-3-5-9(8)12/h8-9,12H,2-7H2,1H3,(H,11,13). The minimum absolute atomic E-state index is 0.00175. The minimum Gasteiger partial charge on any atom is -0.391 e. The first-order chi connectivity index (χ1) is 6.74. The molecule has 3 nitrogen and oxygen atoms in total. The predicted molar refractivity (Wildman–Crippen MR) is 59.4 cm³/mol. The summed E-state index contributed by atoms with van der Waals surface area (Å²) in [7, 11) is 0. The molecular weight excluding hydrogens is 198 g/mol. The van der Waals surface area contributed by atoms with Gasteiger partial charge in [0.1, 0.15) is 0 Å². The molecule has 0 radical (unpaired) electrons. The molecule has 2 N–H and O–H groups in total. The Labute approximate surface area is 89.6 Å². The van der Waals surface area contributed by atoms with Gasteiger partial charge in [-0.15, -0.1) is 0 Å². The molecule has 0 spiro atoms. The number of hydrogen-bond acceptors (Lipinski definition) is 3. The van der Waals surface area contributed by atoms with Gasteiger partial charge in [0.15, 0.2) is 0 Å². The topological polar surface area (TPSA) is 49.3 Å². The van der Waals surface area contributed by atoms with Gasteiger partial charge in [0.2, 0.25) is 5.91 Å². The first-order valence-corrected chi connectivity index (χ1v) is 6.60. The van der Waals surface area contributed by atoms with Gasteiger partial charge in [0, 0.05) is 12.2 Å². The van der Waals surface area contributed by atoms with Crippen LogP contribution in [0.4, 0.5) is 0 Å². The molecule has 0 aromatic heterocycles. The van der Waals surface area contributed by atoms with Crippen molar-refractivity contribution >= 4 is 17.7 Å². The second-order valence-electron chi connectivity index (χ2n) is 3.77. The number of thioether (sulfide) groups is 1. The van der Waals surface area contributed by atoms with Crippen LogP contribution >= 0.6 is 11.8 Å². The second-order valence-corrected chi connectivity index (χ2v) is 4.75. The summed E-state index contributed by atoms with van der Waals surface area (Å²) in [5.41, 5.74) is 0. The fourth-order valence-corrected chi connectivity index (χ4v) is 2.14. The zero-order chi connectivity index (χ0) is 10.4. The van der Waals surface area contributed by atoms with Crippen molar-refractivity contribution in [2.45, 2.75) is 44.2 Å². The average molecular weight is 217 g/mol. The van der Waals surface area contributed by atoms with Crippen LogP contribution in [0, 0.1) is 0 Å². The molecule has 1 fully saturated rings. The number of nitrogens with one attached hydrogen (secondary N) is 1. The van der Waals surface area contributed by atoms with Crippen LogP contribution in [-0.4, -0.2) is 35.2 Å². The van der Waals surface area contributed by atoms with Crippen molar-refractivity contribution in [3.8, 4) is 0 Å². The van der Waals surface area contributed by atoms with Crippen LogP contribution in [-0.2, 0) is 4.79 Å². The Morgan fingerprint density at radius 3 is 2.86 bits per heavy atom. The predicted octanol–water partition coefficient (Wildman–Crippen LogP) is 1.16. The van der Waals surface area contributed by atoms with Gasteiger partial charge in [0.05, 0.1) is 12.1 Å². The number of rotatable bonds is 4. The Hall–Kier alpha value is -0.220. The number of hydrogen-bond donors (Lipinski definition) is 2. The fraction of sp³-hybridized carbons (Fsp3) is 0.900. The van der Waals surface area contributed by atoms with E-state index in [0.717, 1.165) is 31.4 Å². The van der Waals surface area contributed by atoms with Crippen LogP contribution in [0.15, 0.2) is 0 Å². The fourth-order valence-electron chi connectivity index (χ4n) is 1.75. The minimum atomic E-state index is -0.332. The second kappa shape index (κ2) is 6.30. The monoisotopic (exact) mass is 217 g/mol. The molecule has 82 valence electrons. The van der Waals surface area contributed by atoms with Crippen molar-refractivity contribution in [1.29, 1.82) is 0 Å². The van der Waals surface area contributed by atoms with E-state index in [-0.39, 0.29) is 18.1 Å². The van der Waals surface area contributed by atoms with Crippen molar-refractivity contribution in [2.75, 3.05) is 12.0 Å². The Morgan fingerprint density at radius 2 is 2.21 bits per heavy atom. The maximum atomic E-state index is 11.4. The van der Waals surface area contributed by atoms with E-state index in [9.17, 15) is 9.90 Å². The van der Waals surface area contributed by atoms with Gasteiger partial charge in [-0.3, -0.25) is 4.79 Å². The molecule has 2 unspecified atom stereocenters. The lowest BCUT2D eigenvalue weighted by molar-refractivity contribution is -0.122. The number of carbonyl (C=O) groups is 1. The molecule has 0 saturated heterocycles. The quantitative estimate of drug-likeness (QED) is 0.743. The first-order valence-electron chi connectivity index (χ1n) is 5.20. The van der Waals surface area contributed by atoms with Gasteiger partial charge in [-0.1, -0.05) is 12.8 Å². The average Bonchev–Trinajstić information content (AvgIpc) is 2.18. The molecule has 4 heteroatoms.